The third-order valence-electron chi connectivity index (χ3n) is 4.32. The Hall–Kier alpha value is -2.26. The van der Waals surface area contributed by atoms with Crippen molar-refractivity contribution in [2.24, 2.45) is 0 Å². The lowest BCUT2D eigenvalue weighted by Crippen LogP contribution is -2.30. The van der Waals surface area contributed by atoms with E-state index in [9.17, 15) is 5.11 Å². The van der Waals surface area contributed by atoms with Gasteiger partial charge in [0.25, 0.3) is 0 Å². The SMILES string of the molecule is CN1Cc2cc(O)ccc2C(c2ccc3occc3c2)C1. The molecule has 21 heavy (non-hydrogen) atoms. The molecule has 0 saturated carbocycles. The van der Waals surface area contributed by atoms with E-state index in [1.807, 2.05) is 18.2 Å². The highest BCUT2D eigenvalue weighted by Gasteiger charge is 2.25. The van der Waals surface area contributed by atoms with E-state index in [2.05, 4.69) is 30.1 Å². The summed E-state index contributed by atoms with van der Waals surface area (Å²) in [5, 5.41) is 10.9. The van der Waals surface area contributed by atoms with Crippen LogP contribution in [0.1, 0.15) is 22.6 Å². The molecule has 0 bridgehead atoms. The van der Waals surface area contributed by atoms with E-state index >= 15 is 0 Å². The van der Waals surface area contributed by atoms with Crippen molar-refractivity contribution in [1.82, 2.24) is 4.90 Å². The molecule has 0 fully saturated rings. The van der Waals surface area contributed by atoms with Crippen LogP contribution in [0.3, 0.4) is 0 Å². The number of aromatic hydroxyl groups is 1. The summed E-state index contributed by atoms with van der Waals surface area (Å²) in [7, 11) is 2.12. The Bertz CT molecular complexity index is 806. The van der Waals surface area contributed by atoms with Gasteiger partial charge in [0.05, 0.1) is 6.26 Å². The predicted octanol–water partition coefficient (Wildman–Crippen LogP) is 3.72. The lowest BCUT2D eigenvalue weighted by molar-refractivity contribution is 0.294. The average molecular weight is 279 g/mol. The molecule has 0 radical (unpaired) electrons. The number of fused-ring (bicyclic) bond motifs is 2. The highest BCUT2D eigenvalue weighted by atomic mass is 16.3. The number of hydrogen-bond donors (Lipinski definition) is 1. The van der Waals surface area contributed by atoms with Crippen LogP contribution in [0.25, 0.3) is 11.0 Å². The molecule has 1 aliphatic rings. The van der Waals surface area contributed by atoms with Crippen molar-refractivity contribution in [2.75, 3.05) is 13.6 Å². The van der Waals surface area contributed by atoms with Crippen molar-refractivity contribution >= 4 is 11.0 Å². The number of phenolic OH excluding ortho intramolecular Hbond substituents is 1. The van der Waals surface area contributed by atoms with Gasteiger partial charge in [-0.1, -0.05) is 12.1 Å². The Morgan fingerprint density at radius 1 is 1.14 bits per heavy atom. The number of nitrogens with zero attached hydrogens (tertiary/aromatic N) is 1. The standard InChI is InChI=1S/C18H17NO2/c1-19-10-14-9-15(20)3-4-16(14)17(11-19)12-2-5-18-13(8-12)6-7-21-18/h2-9,17,20H,10-11H2,1H3. The largest absolute Gasteiger partial charge is 0.508 e. The summed E-state index contributed by atoms with van der Waals surface area (Å²) < 4.78 is 5.42. The van der Waals surface area contributed by atoms with Gasteiger partial charge in [-0.25, -0.2) is 0 Å². The van der Waals surface area contributed by atoms with Crippen LogP contribution in [-0.4, -0.2) is 23.6 Å². The fourth-order valence-corrected chi connectivity index (χ4v) is 3.32. The molecule has 0 spiro atoms. The van der Waals surface area contributed by atoms with Gasteiger partial charge < -0.3 is 14.4 Å². The third-order valence-corrected chi connectivity index (χ3v) is 4.32. The number of benzene rings is 2. The normalized spacial score (nSPS) is 18.8. The second-order valence-electron chi connectivity index (χ2n) is 5.85. The molecule has 106 valence electrons. The van der Waals surface area contributed by atoms with E-state index in [-0.39, 0.29) is 0 Å². The first-order valence-electron chi connectivity index (χ1n) is 7.18. The molecule has 2 aromatic carbocycles. The Labute approximate surface area is 123 Å². The van der Waals surface area contributed by atoms with Crippen LogP contribution in [0.4, 0.5) is 0 Å². The molecule has 0 aliphatic carbocycles. The summed E-state index contributed by atoms with van der Waals surface area (Å²) in [6.45, 7) is 1.87. The minimum Gasteiger partial charge on any atom is -0.508 e. The molecular weight excluding hydrogens is 262 g/mol. The number of furan rings is 1. The first-order valence-corrected chi connectivity index (χ1v) is 7.18. The van der Waals surface area contributed by atoms with Crippen LogP contribution in [0, 0.1) is 0 Å². The van der Waals surface area contributed by atoms with Gasteiger partial charge >= 0.3 is 0 Å². The molecule has 1 N–H and O–H groups in total. The van der Waals surface area contributed by atoms with Crippen LogP contribution >= 0.6 is 0 Å². The van der Waals surface area contributed by atoms with E-state index in [0.29, 0.717) is 11.7 Å². The smallest absolute Gasteiger partial charge is 0.133 e. The Kier molecular flexibility index (Phi) is 2.76. The molecule has 1 aromatic heterocycles. The zero-order chi connectivity index (χ0) is 14.4. The van der Waals surface area contributed by atoms with E-state index < -0.39 is 0 Å². The zero-order valence-corrected chi connectivity index (χ0v) is 11.9. The molecule has 1 atom stereocenters. The Balaban J connectivity index is 1.84. The van der Waals surface area contributed by atoms with E-state index in [0.717, 1.165) is 24.1 Å². The molecule has 2 heterocycles. The summed E-state index contributed by atoms with van der Waals surface area (Å²) in [6, 6.07) is 14.1. The molecule has 3 nitrogen and oxygen atoms in total. The average Bonchev–Trinajstić information content (AvgIpc) is 2.93. The number of hydrogen-bond acceptors (Lipinski definition) is 3. The minimum atomic E-state index is 0.332. The van der Waals surface area contributed by atoms with Crippen LogP contribution in [0.15, 0.2) is 53.1 Å². The fraction of sp³-hybridized carbons (Fsp3) is 0.222. The monoisotopic (exact) mass is 279 g/mol. The number of likely N-dealkylation sites (N-methyl/N-ethyl adjacent to an activating group) is 1. The van der Waals surface area contributed by atoms with Gasteiger partial charge in [0.15, 0.2) is 0 Å². The van der Waals surface area contributed by atoms with Gasteiger partial charge in [-0.05, 0) is 54.1 Å². The van der Waals surface area contributed by atoms with Crippen molar-refractivity contribution in [3.63, 3.8) is 0 Å². The lowest BCUT2D eigenvalue weighted by atomic mass is 9.84. The van der Waals surface area contributed by atoms with Gasteiger partial charge in [0, 0.05) is 24.4 Å². The maximum atomic E-state index is 9.71. The van der Waals surface area contributed by atoms with Gasteiger partial charge in [0.2, 0.25) is 0 Å². The highest BCUT2D eigenvalue weighted by Crippen LogP contribution is 2.35. The first-order chi connectivity index (χ1) is 10.2. The van der Waals surface area contributed by atoms with E-state index in [1.165, 1.54) is 16.7 Å². The Morgan fingerprint density at radius 3 is 2.95 bits per heavy atom. The lowest BCUT2D eigenvalue weighted by Gasteiger charge is -2.32. The Morgan fingerprint density at radius 2 is 2.05 bits per heavy atom. The molecule has 1 unspecified atom stereocenters. The van der Waals surface area contributed by atoms with Crippen molar-refractivity contribution < 1.29 is 9.52 Å². The van der Waals surface area contributed by atoms with Crippen LogP contribution < -0.4 is 0 Å². The van der Waals surface area contributed by atoms with Crippen LogP contribution in [0.2, 0.25) is 0 Å². The zero-order valence-electron chi connectivity index (χ0n) is 11.9. The first kappa shape index (κ1) is 12.5. The van der Waals surface area contributed by atoms with Crippen molar-refractivity contribution in [2.45, 2.75) is 12.5 Å². The second-order valence-corrected chi connectivity index (χ2v) is 5.85. The predicted molar refractivity (Wildman–Crippen MR) is 82.5 cm³/mol. The maximum Gasteiger partial charge on any atom is 0.133 e. The summed E-state index contributed by atoms with van der Waals surface area (Å²) >= 11 is 0. The van der Waals surface area contributed by atoms with Gasteiger partial charge in [-0.15, -0.1) is 0 Å². The molecule has 3 aromatic rings. The third kappa shape index (κ3) is 2.10. The number of phenols is 1. The second kappa shape index (κ2) is 4.64. The van der Waals surface area contributed by atoms with E-state index in [4.69, 9.17) is 4.42 Å². The fourth-order valence-electron chi connectivity index (χ4n) is 3.32. The minimum absolute atomic E-state index is 0.332. The summed E-state index contributed by atoms with van der Waals surface area (Å²) in [4.78, 5) is 2.30. The topological polar surface area (TPSA) is 36.6 Å². The molecule has 0 saturated heterocycles. The van der Waals surface area contributed by atoms with Gasteiger partial charge in [-0.3, -0.25) is 0 Å². The summed E-state index contributed by atoms with van der Waals surface area (Å²) in [5.41, 5.74) is 4.74. The van der Waals surface area contributed by atoms with E-state index in [1.54, 1.807) is 12.3 Å². The molecule has 3 heteroatoms. The molecule has 4 rings (SSSR count). The van der Waals surface area contributed by atoms with Crippen molar-refractivity contribution in [3.8, 4) is 5.75 Å². The number of rotatable bonds is 1. The summed E-state index contributed by atoms with van der Waals surface area (Å²) in [5.74, 6) is 0.673. The van der Waals surface area contributed by atoms with Gasteiger partial charge in [0.1, 0.15) is 11.3 Å². The van der Waals surface area contributed by atoms with Crippen molar-refractivity contribution in [1.29, 1.82) is 0 Å². The van der Waals surface area contributed by atoms with Crippen LogP contribution in [-0.2, 0) is 6.54 Å². The quantitative estimate of drug-likeness (QED) is 0.737. The molecule has 1 aliphatic heterocycles. The van der Waals surface area contributed by atoms with Crippen LogP contribution in [0.5, 0.6) is 5.75 Å². The molecular formula is C18H17NO2. The van der Waals surface area contributed by atoms with Gasteiger partial charge in [-0.2, -0.15) is 0 Å². The molecule has 0 amide bonds. The highest BCUT2D eigenvalue weighted by molar-refractivity contribution is 5.78. The summed E-state index contributed by atoms with van der Waals surface area (Å²) in [6.07, 6.45) is 1.73. The van der Waals surface area contributed by atoms with Crippen molar-refractivity contribution in [3.05, 3.63) is 65.4 Å². The maximum absolute atomic E-state index is 9.71.